The predicted octanol–water partition coefficient (Wildman–Crippen LogP) is 4.61. The molecule has 1 saturated heterocycles. The number of hydrogen-bond donors (Lipinski definition) is 0. The molecule has 1 amide bonds. The van der Waals surface area contributed by atoms with Gasteiger partial charge in [0.1, 0.15) is 11.9 Å². The summed E-state index contributed by atoms with van der Waals surface area (Å²) in [6, 6.07) is 9.79. The Balaban J connectivity index is 1.64. The van der Waals surface area contributed by atoms with E-state index in [1.165, 1.54) is 11.1 Å². The van der Waals surface area contributed by atoms with Crippen molar-refractivity contribution in [3.63, 3.8) is 0 Å². The van der Waals surface area contributed by atoms with Crippen LogP contribution in [-0.4, -0.2) is 44.2 Å². The van der Waals surface area contributed by atoms with Crippen LogP contribution in [-0.2, 0) is 0 Å². The van der Waals surface area contributed by atoms with E-state index >= 15 is 0 Å². The first-order valence-corrected chi connectivity index (χ1v) is 10.5. The monoisotopic (exact) mass is 495 g/mol. The first kappa shape index (κ1) is 20.8. The van der Waals surface area contributed by atoms with Gasteiger partial charge in [0.2, 0.25) is 0 Å². The number of aryl methyl sites for hydroxylation is 2. The third kappa shape index (κ3) is 4.54. The highest BCUT2D eigenvalue weighted by atomic mass is 127. The minimum absolute atomic E-state index is 0.0231. The second-order valence-electron chi connectivity index (χ2n) is 7.04. The van der Waals surface area contributed by atoms with Crippen LogP contribution in [0.5, 0.6) is 17.2 Å². The molecule has 1 heterocycles. The van der Waals surface area contributed by atoms with Crippen LogP contribution in [0.2, 0.25) is 0 Å². The maximum absolute atomic E-state index is 13.0. The number of carbonyl (C=O) groups is 1. The molecule has 6 heteroatoms. The molecule has 0 aliphatic carbocycles. The number of hydrogen-bond acceptors (Lipinski definition) is 4. The molecule has 3 rings (SSSR count). The lowest BCUT2D eigenvalue weighted by molar-refractivity contribution is 0.0594. The Hall–Kier alpha value is -1.96. The maximum atomic E-state index is 13.0. The molecule has 150 valence electrons. The summed E-state index contributed by atoms with van der Waals surface area (Å²) < 4.78 is 17.7. The molecule has 0 atom stereocenters. The number of likely N-dealkylation sites (tertiary alicyclic amines) is 1. The highest BCUT2D eigenvalue weighted by molar-refractivity contribution is 14.1. The first-order chi connectivity index (χ1) is 13.4. The van der Waals surface area contributed by atoms with E-state index < -0.39 is 0 Å². The Morgan fingerprint density at radius 1 is 1.00 bits per heavy atom. The minimum atomic E-state index is 0.0231. The number of amides is 1. The van der Waals surface area contributed by atoms with E-state index in [9.17, 15) is 4.79 Å². The highest BCUT2D eigenvalue weighted by Crippen LogP contribution is 2.32. The van der Waals surface area contributed by atoms with E-state index in [4.69, 9.17) is 14.2 Å². The summed E-state index contributed by atoms with van der Waals surface area (Å²) in [5.41, 5.74) is 3.14. The number of halogens is 1. The second kappa shape index (κ2) is 9.03. The molecule has 0 unspecified atom stereocenters. The summed E-state index contributed by atoms with van der Waals surface area (Å²) in [6.45, 7) is 5.55. The van der Waals surface area contributed by atoms with Gasteiger partial charge in [-0.05, 0) is 71.8 Å². The van der Waals surface area contributed by atoms with Gasteiger partial charge < -0.3 is 19.1 Å². The zero-order chi connectivity index (χ0) is 20.3. The molecule has 0 N–H and O–H groups in total. The van der Waals surface area contributed by atoms with E-state index in [2.05, 4.69) is 48.6 Å². The van der Waals surface area contributed by atoms with E-state index in [0.717, 1.165) is 22.2 Å². The fourth-order valence-corrected chi connectivity index (χ4v) is 4.01. The van der Waals surface area contributed by atoms with Crippen LogP contribution in [0, 0.1) is 17.4 Å². The van der Waals surface area contributed by atoms with Crippen molar-refractivity contribution in [2.75, 3.05) is 27.3 Å². The van der Waals surface area contributed by atoms with Crippen LogP contribution in [0.4, 0.5) is 0 Å². The second-order valence-corrected chi connectivity index (χ2v) is 8.20. The molecule has 1 aliphatic rings. The summed E-state index contributed by atoms with van der Waals surface area (Å²) >= 11 is 2.17. The molecular formula is C22H26INO4. The van der Waals surface area contributed by atoms with E-state index in [1.54, 1.807) is 20.3 Å². The molecule has 1 aliphatic heterocycles. The SMILES string of the molecule is COc1cc(I)c(C(=O)N2CCC(Oc3ccc(C)c(C)c3)CC2)cc1OC. The molecule has 0 aromatic heterocycles. The molecule has 0 spiro atoms. The van der Waals surface area contributed by atoms with Crippen LogP contribution < -0.4 is 14.2 Å². The van der Waals surface area contributed by atoms with Crippen LogP contribution in [0.25, 0.3) is 0 Å². The van der Waals surface area contributed by atoms with Crippen molar-refractivity contribution in [3.05, 3.63) is 50.6 Å². The van der Waals surface area contributed by atoms with E-state index in [0.29, 0.717) is 30.2 Å². The van der Waals surface area contributed by atoms with Gasteiger partial charge in [-0.15, -0.1) is 0 Å². The molecule has 5 nitrogen and oxygen atoms in total. The zero-order valence-corrected chi connectivity index (χ0v) is 18.9. The Kier molecular flexibility index (Phi) is 6.69. The molecule has 0 bridgehead atoms. The number of piperidine rings is 1. The van der Waals surface area contributed by atoms with E-state index in [-0.39, 0.29) is 12.0 Å². The maximum Gasteiger partial charge on any atom is 0.255 e. The lowest BCUT2D eigenvalue weighted by Gasteiger charge is -2.32. The van der Waals surface area contributed by atoms with Gasteiger partial charge >= 0.3 is 0 Å². The van der Waals surface area contributed by atoms with Crippen molar-refractivity contribution >= 4 is 28.5 Å². The third-order valence-corrected chi connectivity index (χ3v) is 6.11. The smallest absolute Gasteiger partial charge is 0.255 e. The molecule has 28 heavy (non-hydrogen) atoms. The Morgan fingerprint density at radius 2 is 1.64 bits per heavy atom. The standard InChI is InChI=1S/C22H26INO4/c1-14-5-6-17(11-15(14)2)28-16-7-9-24(10-8-16)22(25)18-12-20(26-3)21(27-4)13-19(18)23/h5-6,11-13,16H,7-10H2,1-4H3. The number of nitrogens with zero attached hydrogens (tertiary/aromatic N) is 1. The van der Waals surface area contributed by atoms with Crippen molar-refractivity contribution in [1.82, 2.24) is 4.90 Å². The number of methoxy groups -OCH3 is 2. The van der Waals surface area contributed by atoms with Crippen molar-refractivity contribution in [2.45, 2.75) is 32.8 Å². The minimum Gasteiger partial charge on any atom is -0.493 e. The molecule has 2 aromatic rings. The number of carbonyl (C=O) groups excluding carboxylic acids is 1. The molecule has 2 aromatic carbocycles. The fourth-order valence-electron chi connectivity index (χ4n) is 3.34. The average molecular weight is 495 g/mol. The number of rotatable bonds is 5. The van der Waals surface area contributed by atoms with Gasteiger partial charge in [-0.1, -0.05) is 6.07 Å². The molecular weight excluding hydrogens is 469 g/mol. The largest absolute Gasteiger partial charge is 0.493 e. The lowest BCUT2D eigenvalue weighted by Crippen LogP contribution is -2.42. The van der Waals surface area contributed by atoms with Crippen LogP contribution in [0.1, 0.15) is 34.3 Å². The fraction of sp³-hybridized carbons (Fsp3) is 0.409. The van der Waals surface area contributed by atoms with Crippen LogP contribution in [0.3, 0.4) is 0 Å². The Morgan fingerprint density at radius 3 is 2.25 bits per heavy atom. The zero-order valence-electron chi connectivity index (χ0n) is 16.8. The average Bonchev–Trinajstić information content (AvgIpc) is 2.70. The van der Waals surface area contributed by atoms with Gasteiger partial charge in [0.15, 0.2) is 11.5 Å². The van der Waals surface area contributed by atoms with Crippen LogP contribution >= 0.6 is 22.6 Å². The third-order valence-electron chi connectivity index (χ3n) is 5.21. The van der Waals surface area contributed by atoms with E-state index in [1.807, 2.05) is 17.0 Å². The molecule has 0 radical (unpaired) electrons. The molecule has 1 fully saturated rings. The normalized spacial score (nSPS) is 14.7. The first-order valence-electron chi connectivity index (χ1n) is 9.37. The van der Waals surface area contributed by atoms with Gasteiger partial charge in [0, 0.05) is 29.5 Å². The lowest BCUT2D eigenvalue weighted by atomic mass is 10.1. The van der Waals surface area contributed by atoms with Gasteiger partial charge in [-0.25, -0.2) is 0 Å². The quantitative estimate of drug-likeness (QED) is 0.569. The molecule has 0 saturated carbocycles. The Bertz CT molecular complexity index is 860. The predicted molar refractivity (Wildman–Crippen MR) is 118 cm³/mol. The van der Waals surface area contributed by atoms with Gasteiger partial charge in [-0.3, -0.25) is 4.79 Å². The van der Waals surface area contributed by atoms with Crippen molar-refractivity contribution in [2.24, 2.45) is 0 Å². The van der Waals surface area contributed by atoms with Gasteiger partial charge in [-0.2, -0.15) is 0 Å². The summed E-state index contributed by atoms with van der Waals surface area (Å²) in [5, 5.41) is 0. The van der Waals surface area contributed by atoms with Crippen molar-refractivity contribution in [3.8, 4) is 17.2 Å². The summed E-state index contributed by atoms with van der Waals surface area (Å²) in [7, 11) is 3.17. The highest BCUT2D eigenvalue weighted by Gasteiger charge is 2.27. The van der Waals surface area contributed by atoms with Gasteiger partial charge in [0.05, 0.1) is 19.8 Å². The summed E-state index contributed by atoms with van der Waals surface area (Å²) in [6.07, 6.45) is 1.78. The number of benzene rings is 2. The van der Waals surface area contributed by atoms with Crippen molar-refractivity contribution in [1.29, 1.82) is 0 Å². The number of ether oxygens (including phenoxy) is 3. The summed E-state index contributed by atoms with van der Waals surface area (Å²) in [4.78, 5) is 14.9. The van der Waals surface area contributed by atoms with Crippen LogP contribution in [0.15, 0.2) is 30.3 Å². The summed E-state index contributed by atoms with van der Waals surface area (Å²) in [5.74, 6) is 2.13. The van der Waals surface area contributed by atoms with Crippen molar-refractivity contribution < 1.29 is 19.0 Å². The topological polar surface area (TPSA) is 48.0 Å². The van der Waals surface area contributed by atoms with Gasteiger partial charge in [0.25, 0.3) is 5.91 Å². The Labute approximate surface area is 180 Å².